The summed E-state index contributed by atoms with van der Waals surface area (Å²) >= 11 is 2.31. The van der Waals surface area contributed by atoms with E-state index in [4.69, 9.17) is 0 Å². The van der Waals surface area contributed by atoms with Crippen molar-refractivity contribution in [1.82, 2.24) is 19.9 Å². The summed E-state index contributed by atoms with van der Waals surface area (Å²) in [6.45, 7) is 1.83. The Kier molecular flexibility index (Phi) is 6.94. The average Bonchev–Trinajstić information content (AvgIpc) is 2.67. The fourth-order valence-corrected chi connectivity index (χ4v) is 3.05. The summed E-state index contributed by atoms with van der Waals surface area (Å²) in [5.74, 6) is 1.34. The highest BCUT2D eigenvalue weighted by Crippen LogP contribution is 2.25. The summed E-state index contributed by atoms with van der Waals surface area (Å²) in [5, 5.41) is 6.73. The lowest BCUT2D eigenvalue weighted by Gasteiger charge is -2.13. The lowest BCUT2D eigenvalue weighted by Crippen LogP contribution is -2.17. The lowest BCUT2D eigenvalue weighted by molar-refractivity contribution is 0.405. The minimum Gasteiger partial charge on any atom is -0.354 e. The molecule has 3 aromatic rings. The van der Waals surface area contributed by atoms with Gasteiger partial charge in [0.2, 0.25) is 5.95 Å². The number of hydrogen-bond donors (Lipinski definition) is 2. The van der Waals surface area contributed by atoms with Crippen LogP contribution >= 0.6 is 22.6 Å². The highest BCUT2D eigenvalue weighted by molar-refractivity contribution is 14.1. The van der Waals surface area contributed by atoms with E-state index in [-0.39, 0.29) is 0 Å². The smallest absolute Gasteiger partial charge is 0.225 e. The van der Waals surface area contributed by atoms with Crippen LogP contribution in [0.3, 0.4) is 0 Å². The molecule has 7 heteroatoms. The standard InChI is InChI=1S/C20H23IN6/c1-27(2)13-7-12-23-20-25-18(17-10-5-6-11-22-17)14-19(26-20)24-16-9-4-3-8-15(16)21/h3-6,8-11,14H,7,12-13H2,1-2H3,(H2,23,24,25,26). The number of rotatable bonds is 8. The van der Waals surface area contributed by atoms with E-state index in [0.717, 1.165) is 46.0 Å². The van der Waals surface area contributed by atoms with Crippen molar-refractivity contribution in [2.75, 3.05) is 37.8 Å². The molecule has 2 aromatic heterocycles. The molecule has 0 aliphatic heterocycles. The van der Waals surface area contributed by atoms with Crippen molar-refractivity contribution in [2.45, 2.75) is 6.42 Å². The van der Waals surface area contributed by atoms with E-state index in [2.05, 4.69) is 73.2 Å². The van der Waals surface area contributed by atoms with Gasteiger partial charge in [0.1, 0.15) is 5.82 Å². The monoisotopic (exact) mass is 474 g/mol. The van der Waals surface area contributed by atoms with E-state index in [1.54, 1.807) is 6.20 Å². The van der Waals surface area contributed by atoms with E-state index >= 15 is 0 Å². The van der Waals surface area contributed by atoms with Crippen LogP contribution in [0.1, 0.15) is 6.42 Å². The molecule has 0 radical (unpaired) electrons. The molecule has 0 amide bonds. The number of nitrogens with one attached hydrogen (secondary N) is 2. The number of benzene rings is 1. The zero-order chi connectivity index (χ0) is 19.1. The van der Waals surface area contributed by atoms with Gasteiger partial charge in [-0.3, -0.25) is 4.98 Å². The summed E-state index contributed by atoms with van der Waals surface area (Å²) in [6.07, 6.45) is 2.79. The van der Waals surface area contributed by atoms with Crippen molar-refractivity contribution < 1.29 is 0 Å². The maximum atomic E-state index is 4.64. The van der Waals surface area contributed by atoms with Gasteiger partial charge in [-0.1, -0.05) is 18.2 Å². The Hall–Kier alpha value is -2.26. The summed E-state index contributed by atoms with van der Waals surface area (Å²) in [6, 6.07) is 15.9. The Morgan fingerprint density at radius 2 is 1.81 bits per heavy atom. The number of halogens is 1. The molecular formula is C20H23IN6. The van der Waals surface area contributed by atoms with Crippen molar-refractivity contribution in [2.24, 2.45) is 0 Å². The van der Waals surface area contributed by atoms with Gasteiger partial charge in [0.05, 0.1) is 17.1 Å². The highest BCUT2D eigenvalue weighted by atomic mass is 127. The highest BCUT2D eigenvalue weighted by Gasteiger charge is 2.09. The van der Waals surface area contributed by atoms with Crippen LogP contribution in [0.25, 0.3) is 11.4 Å². The van der Waals surface area contributed by atoms with Crippen molar-refractivity contribution >= 4 is 40.0 Å². The predicted octanol–water partition coefficient (Wildman–Crippen LogP) is 4.25. The van der Waals surface area contributed by atoms with Crippen LogP contribution in [0.15, 0.2) is 54.7 Å². The Morgan fingerprint density at radius 3 is 2.56 bits per heavy atom. The van der Waals surface area contributed by atoms with Gasteiger partial charge in [0.15, 0.2) is 0 Å². The Morgan fingerprint density at radius 1 is 1.00 bits per heavy atom. The predicted molar refractivity (Wildman–Crippen MR) is 119 cm³/mol. The second-order valence-electron chi connectivity index (χ2n) is 6.37. The summed E-state index contributed by atoms with van der Waals surface area (Å²) in [7, 11) is 4.14. The molecule has 0 bridgehead atoms. The largest absolute Gasteiger partial charge is 0.354 e. The normalized spacial score (nSPS) is 10.8. The van der Waals surface area contributed by atoms with E-state index in [9.17, 15) is 0 Å². The van der Waals surface area contributed by atoms with Crippen molar-refractivity contribution in [3.05, 3.63) is 58.3 Å². The van der Waals surface area contributed by atoms with Gasteiger partial charge in [-0.25, -0.2) is 4.98 Å². The van der Waals surface area contributed by atoms with Crippen molar-refractivity contribution in [1.29, 1.82) is 0 Å². The molecule has 6 nitrogen and oxygen atoms in total. The van der Waals surface area contributed by atoms with Gasteiger partial charge in [-0.05, 0) is 73.9 Å². The maximum Gasteiger partial charge on any atom is 0.225 e. The molecule has 0 saturated carbocycles. The van der Waals surface area contributed by atoms with Gasteiger partial charge in [0.25, 0.3) is 0 Å². The molecule has 0 aliphatic rings. The second kappa shape index (κ2) is 9.61. The van der Waals surface area contributed by atoms with E-state index in [0.29, 0.717) is 5.95 Å². The van der Waals surface area contributed by atoms with E-state index in [1.165, 1.54) is 0 Å². The zero-order valence-corrected chi connectivity index (χ0v) is 17.6. The maximum absolute atomic E-state index is 4.64. The van der Waals surface area contributed by atoms with Gasteiger partial charge < -0.3 is 15.5 Å². The number of nitrogens with zero attached hydrogens (tertiary/aromatic N) is 4. The first kappa shape index (κ1) is 19.5. The molecule has 2 N–H and O–H groups in total. The number of para-hydroxylation sites is 1. The molecule has 0 atom stereocenters. The first-order chi connectivity index (χ1) is 13.1. The average molecular weight is 474 g/mol. The van der Waals surface area contributed by atoms with Crippen LogP contribution in [0, 0.1) is 3.57 Å². The van der Waals surface area contributed by atoms with Gasteiger partial charge in [-0.2, -0.15) is 4.98 Å². The number of hydrogen-bond acceptors (Lipinski definition) is 6. The Labute approximate surface area is 173 Å². The first-order valence-corrected chi connectivity index (χ1v) is 9.90. The summed E-state index contributed by atoms with van der Waals surface area (Å²) < 4.78 is 1.13. The second-order valence-corrected chi connectivity index (χ2v) is 7.53. The van der Waals surface area contributed by atoms with Gasteiger partial charge in [0, 0.05) is 22.4 Å². The molecule has 0 fully saturated rings. The minimum atomic E-state index is 0.602. The van der Waals surface area contributed by atoms with Crippen LogP contribution in [0.4, 0.5) is 17.5 Å². The van der Waals surface area contributed by atoms with E-state index < -0.39 is 0 Å². The third kappa shape index (κ3) is 5.86. The molecule has 3 rings (SSSR count). The number of aromatic nitrogens is 3. The van der Waals surface area contributed by atoms with Crippen LogP contribution in [0.5, 0.6) is 0 Å². The summed E-state index contributed by atoms with van der Waals surface area (Å²) in [4.78, 5) is 15.9. The fraction of sp³-hybridized carbons (Fsp3) is 0.250. The molecule has 0 saturated heterocycles. The molecule has 1 aromatic carbocycles. The van der Waals surface area contributed by atoms with Gasteiger partial charge in [-0.15, -0.1) is 0 Å². The Bertz CT molecular complexity index is 869. The van der Waals surface area contributed by atoms with Crippen LogP contribution in [0.2, 0.25) is 0 Å². The number of pyridine rings is 1. The summed E-state index contributed by atoms with van der Waals surface area (Å²) in [5.41, 5.74) is 2.62. The van der Waals surface area contributed by atoms with Crippen LogP contribution < -0.4 is 10.6 Å². The van der Waals surface area contributed by atoms with E-state index in [1.807, 2.05) is 42.5 Å². The third-order valence-corrected chi connectivity index (χ3v) is 4.80. The van der Waals surface area contributed by atoms with Crippen LogP contribution in [-0.4, -0.2) is 47.0 Å². The topological polar surface area (TPSA) is 66.0 Å². The molecule has 0 aliphatic carbocycles. The fourth-order valence-electron chi connectivity index (χ4n) is 2.53. The van der Waals surface area contributed by atoms with Crippen LogP contribution in [-0.2, 0) is 0 Å². The SMILES string of the molecule is CN(C)CCCNc1nc(Nc2ccccc2I)cc(-c2ccccn2)n1. The van der Waals surface area contributed by atoms with Gasteiger partial charge >= 0.3 is 0 Å². The molecule has 0 unspecified atom stereocenters. The molecule has 0 spiro atoms. The quantitative estimate of drug-likeness (QED) is 0.376. The third-order valence-electron chi connectivity index (χ3n) is 3.86. The zero-order valence-electron chi connectivity index (χ0n) is 15.5. The lowest BCUT2D eigenvalue weighted by atomic mass is 10.2. The molecular weight excluding hydrogens is 451 g/mol. The molecule has 2 heterocycles. The Balaban J connectivity index is 1.85. The first-order valence-electron chi connectivity index (χ1n) is 8.82. The molecule has 140 valence electrons. The number of anilines is 3. The molecule has 27 heavy (non-hydrogen) atoms. The minimum absolute atomic E-state index is 0.602. The van der Waals surface area contributed by atoms with Crippen molar-refractivity contribution in [3.63, 3.8) is 0 Å². The van der Waals surface area contributed by atoms with Crippen molar-refractivity contribution in [3.8, 4) is 11.4 Å².